The highest BCUT2D eigenvalue weighted by Gasteiger charge is 2.01. The summed E-state index contributed by atoms with van der Waals surface area (Å²) in [5.41, 5.74) is 1.12. The summed E-state index contributed by atoms with van der Waals surface area (Å²) >= 11 is 3.39. The second-order valence-corrected chi connectivity index (χ2v) is 3.46. The Morgan fingerprint density at radius 1 is 1.62 bits per heavy atom. The second-order valence-electron chi connectivity index (χ2n) is 2.67. The van der Waals surface area contributed by atoms with Crippen molar-refractivity contribution in [1.29, 1.82) is 0 Å². The number of nitrogens with zero attached hydrogens (tertiary/aromatic N) is 2. The highest BCUT2D eigenvalue weighted by molar-refractivity contribution is 9.09. The number of ether oxygens (including phenoxy) is 1. The molecule has 4 heteroatoms. The molecule has 0 amide bonds. The van der Waals surface area contributed by atoms with Gasteiger partial charge >= 0.3 is 0 Å². The second kappa shape index (κ2) is 5.07. The lowest BCUT2D eigenvalue weighted by Crippen LogP contribution is -2.19. The SMILES string of the molecule is COc1cc(N(C)CCBr)ccn1. The summed E-state index contributed by atoms with van der Waals surface area (Å²) in [6.07, 6.45) is 1.75. The molecular weight excluding hydrogens is 232 g/mol. The number of halogens is 1. The van der Waals surface area contributed by atoms with E-state index in [0.29, 0.717) is 5.88 Å². The topological polar surface area (TPSA) is 25.4 Å². The summed E-state index contributed by atoms with van der Waals surface area (Å²) in [5.74, 6) is 0.652. The third-order valence-electron chi connectivity index (χ3n) is 1.79. The first-order valence-electron chi connectivity index (χ1n) is 4.05. The fourth-order valence-electron chi connectivity index (χ4n) is 1.00. The molecule has 0 aliphatic heterocycles. The molecule has 72 valence electrons. The molecule has 0 N–H and O–H groups in total. The van der Waals surface area contributed by atoms with Crippen LogP contribution in [-0.2, 0) is 0 Å². The molecule has 0 saturated heterocycles. The van der Waals surface area contributed by atoms with Crippen LogP contribution in [0.2, 0.25) is 0 Å². The number of pyridine rings is 1. The van der Waals surface area contributed by atoms with E-state index in [1.54, 1.807) is 13.3 Å². The summed E-state index contributed by atoms with van der Waals surface area (Å²) in [6, 6.07) is 3.88. The van der Waals surface area contributed by atoms with Crippen molar-refractivity contribution in [1.82, 2.24) is 4.98 Å². The Hall–Kier alpha value is -0.770. The van der Waals surface area contributed by atoms with E-state index in [2.05, 4.69) is 25.8 Å². The highest BCUT2D eigenvalue weighted by Crippen LogP contribution is 2.16. The Labute approximate surface area is 86.9 Å². The van der Waals surface area contributed by atoms with Crippen LogP contribution in [0.5, 0.6) is 5.88 Å². The number of methoxy groups -OCH3 is 1. The van der Waals surface area contributed by atoms with Crippen LogP contribution in [0, 0.1) is 0 Å². The van der Waals surface area contributed by atoms with Crippen molar-refractivity contribution in [3.63, 3.8) is 0 Å². The maximum absolute atomic E-state index is 5.03. The van der Waals surface area contributed by atoms with Crippen LogP contribution < -0.4 is 9.64 Å². The molecule has 0 spiro atoms. The number of aromatic nitrogens is 1. The number of hydrogen-bond acceptors (Lipinski definition) is 3. The molecule has 0 aliphatic carbocycles. The monoisotopic (exact) mass is 244 g/mol. The van der Waals surface area contributed by atoms with Gasteiger partial charge in [0.25, 0.3) is 0 Å². The van der Waals surface area contributed by atoms with Gasteiger partial charge in [-0.1, -0.05) is 15.9 Å². The van der Waals surface area contributed by atoms with Gasteiger partial charge in [0.1, 0.15) is 0 Å². The standard InChI is InChI=1S/C9H13BrN2O/c1-12(6-4-10)8-3-5-11-9(7-8)13-2/h3,5,7H,4,6H2,1-2H3. The summed E-state index contributed by atoms with van der Waals surface area (Å²) in [4.78, 5) is 6.18. The van der Waals surface area contributed by atoms with Gasteiger partial charge in [-0.15, -0.1) is 0 Å². The number of rotatable bonds is 4. The van der Waals surface area contributed by atoms with Crippen molar-refractivity contribution in [2.75, 3.05) is 30.9 Å². The van der Waals surface area contributed by atoms with Crippen molar-refractivity contribution >= 4 is 21.6 Å². The van der Waals surface area contributed by atoms with Gasteiger partial charge in [-0.25, -0.2) is 4.98 Å². The Kier molecular flexibility index (Phi) is 4.02. The normalized spacial score (nSPS) is 9.77. The van der Waals surface area contributed by atoms with E-state index in [-0.39, 0.29) is 0 Å². The van der Waals surface area contributed by atoms with Gasteiger partial charge in [-0.2, -0.15) is 0 Å². The zero-order chi connectivity index (χ0) is 9.68. The molecule has 0 atom stereocenters. The van der Waals surface area contributed by atoms with Crippen LogP contribution in [0.15, 0.2) is 18.3 Å². The van der Waals surface area contributed by atoms with Crippen LogP contribution in [0.25, 0.3) is 0 Å². The smallest absolute Gasteiger partial charge is 0.214 e. The summed E-state index contributed by atoms with van der Waals surface area (Å²) < 4.78 is 5.03. The predicted molar refractivity (Wildman–Crippen MR) is 57.9 cm³/mol. The minimum atomic E-state index is 0.652. The van der Waals surface area contributed by atoms with Crippen LogP contribution in [0.4, 0.5) is 5.69 Å². The fourth-order valence-corrected chi connectivity index (χ4v) is 1.54. The predicted octanol–water partition coefficient (Wildman–Crippen LogP) is 1.92. The average molecular weight is 245 g/mol. The third-order valence-corrected chi connectivity index (χ3v) is 2.14. The first-order chi connectivity index (χ1) is 6.27. The van der Waals surface area contributed by atoms with Crippen molar-refractivity contribution in [3.8, 4) is 5.88 Å². The third kappa shape index (κ3) is 2.88. The molecule has 0 radical (unpaired) electrons. The summed E-state index contributed by atoms with van der Waals surface area (Å²) in [6.45, 7) is 0.965. The van der Waals surface area contributed by atoms with Gasteiger partial charge in [0.2, 0.25) is 5.88 Å². The van der Waals surface area contributed by atoms with E-state index < -0.39 is 0 Å². The molecule has 13 heavy (non-hydrogen) atoms. The lowest BCUT2D eigenvalue weighted by Gasteiger charge is -2.17. The Balaban J connectivity index is 2.75. The van der Waals surface area contributed by atoms with Gasteiger partial charge in [0.05, 0.1) is 7.11 Å². The lowest BCUT2D eigenvalue weighted by atomic mass is 10.3. The van der Waals surface area contributed by atoms with Crippen LogP contribution >= 0.6 is 15.9 Å². The van der Waals surface area contributed by atoms with E-state index in [1.807, 2.05) is 19.2 Å². The molecular formula is C9H13BrN2O. The fraction of sp³-hybridized carbons (Fsp3) is 0.444. The first-order valence-corrected chi connectivity index (χ1v) is 5.17. The Morgan fingerprint density at radius 2 is 2.38 bits per heavy atom. The van der Waals surface area contributed by atoms with Crippen molar-refractivity contribution in [2.45, 2.75) is 0 Å². The Morgan fingerprint density at radius 3 is 3.00 bits per heavy atom. The average Bonchev–Trinajstić information content (AvgIpc) is 2.18. The lowest BCUT2D eigenvalue weighted by molar-refractivity contribution is 0.398. The molecule has 1 aromatic rings. The summed E-state index contributed by atoms with van der Waals surface area (Å²) in [7, 11) is 3.66. The van der Waals surface area contributed by atoms with Crippen molar-refractivity contribution in [3.05, 3.63) is 18.3 Å². The maximum Gasteiger partial charge on any atom is 0.214 e. The Bertz CT molecular complexity index is 268. The van der Waals surface area contributed by atoms with E-state index in [1.165, 1.54) is 0 Å². The van der Waals surface area contributed by atoms with E-state index in [0.717, 1.165) is 17.6 Å². The van der Waals surface area contributed by atoms with Crippen molar-refractivity contribution in [2.24, 2.45) is 0 Å². The van der Waals surface area contributed by atoms with E-state index in [4.69, 9.17) is 4.74 Å². The minimum Gasteiger partial charge on any atom is -0.481 e. The van der Waals surface area contributed by atoms with Gasteiger partial charge in [-0.3, -0.25) is 0 Å². The number of hydrogen-bond donors (Lipinski definition) is 0. The molecule has 0 saturated carbocycles. The summed E-state index contributed by atoms with van der Waals surface area (Å²) in [5, 5.41) is 0.953. The van der Waals surface area contributed by atoms with Gasteiger partial charge in [0.15, 0.2) is 0 Å². The molecule has 0 fully saturated rings. The molecule has 1 aromatic heterocycles. The minimum absolute atomic E-state index is 0.652. The quantitative estimate of drug-likeness (QED) is 0.758. The zero-order valence-corrected chi connectivity index (χ0v) is 9.41. The molecule has 0 aromatic carbocycles. The number of anilines is 1. The zero-order valence-electron chi connectivity index (χ0n) is 7.83. The molecule has 3 nitrogen and oxygen atoms in total. The van der Waals surface area contributed by atoms with Crippen LogP contribution in [0.1, 0.15) is 0 Å². The van der Waals surface area contributed by atoms with Gasteiger partial charge in [0, 0.05) is 36.9 Å². The van der Waals surface area contributed by atoms with Gasteiger partial charge in [-0.05, 0) is 6.07 Å². The largest absolute Gasteiger partial charge is 0.481 e. The first kappa shape index (κ1) is 10.3. The molecule has 0 aliphatic rings. The maximum atomic E-state index is 5.03. The molecule has 1 heterocycles. The van der Waals surface area contributed by atoms with Gasteiger partial charge < -0.3 is 9.64 Å². The van der Waals surface area contributed by atoms with Crippen LogP contribution in [0.3, 0.4) is 0 Å². The van der Waals surface area contributed by atoms with E-state index >= 15 is 0 Å². The highest BCUT2D eigenvalue weighted by atomic mass is 79.9. The molecule has 1 rings (SSSR count). The molecule has 0 bridgehead atoms. The molecule has 0 unspecified atom stereocenters. The number of alkyl halides is 1. The van der Waals surface area contributed by atoms with Crippen molar-refractivity contribution < 1.29 is 4.74 Å². The van der Waals surface area contributed by atoms with E-state index in [9.17, 15) is 0 Å². The van der Waals surface area contributed by atoms with Crippen LogP contribution in [-0.4, -0.2) is 31.0 Å².